The van der Waals surface area contributed by atoms with Crippen molar-refractivity contribution in [1.29, 1.82) is 0 Å². The molecule has 8 atom stereocenters. The van der Waals surface area contributed by atoms with Crippen LogP contribution in [-0.4, -0.2) is 12.6 Å². The second-order valence-corrected chi connectivity index (χ2v) is 19.1. The molecule has 0 amide bonds. The summed E-state index contributed by atoms with van der Waals surface area (Å²) in [6.45, 7) is 17.2. The second-order valence-electron chi connectivity index (χ2n) is 19.1. The number of fused-ring (bicyclic) bond motifs is 5. The lowest BCUT2D eigenvalue weighted by Gasteiger charge is -2.60. The van der Waals surface area contributed by atoms with E-state index < -0.39 is 0 Å². The average Bonchev–Trinajstić information content (AvgIpc) is 3.53. The predicted molar refractivity (Wildman–Crippen MR) is 226 cm³/mol. The molecule has 3 fully saturated rings. The molecular weight excluding hydrogens is 661 g/mol. The summed E-state index contributed by atoms with van der Waals surface area (Å²) in [4.78, 5) is 13.4. The maximum Gasteiger partial charge on any atom is 0.343 e. The van der Waals surface area contributed by atoms with Crippen LogP contribution >= 0.6 is 0 Å². The van der Waals surface area contributed by atoms with Crippen molar-refractivity contribution in [2.75, 3.05) is 6.61 Å². The van der Waals surface area contributed by atoms with E-state index >= 15 is 0 Å². The van der Waals surface area contributed by atoms with Crippen LogP contribution in [0.15, 0.2) is 73.0 Å². The molecular formula is C51H74O3. The number of rotatable bonds is 19. The van der Waals surface area contributed by atoms with Gasteiger partial charge in [0.1, 0.15) is 11.5 Å². The number of carbonyl (C=O) groups is 1. The number of unbranched alkanes of at least 4 members (excludes halogenated alkanes) is 7. The highest BCUT2D eigenvalue weighted by Gasteiger charge is 2.60. The van der Waals surface area contributed by atoms with Gasteiger partial charge in [-0.2, -0.15) is 0 Å². The molecule has 296 valence electrons. The van der Waals surface area contributed by atoms with Gasteiger partial charge in [0, 0.05) is 6.42 Å². The Hall–Kier alpha value is -2.81. The summed E-state index contributed by atoms with van der Waals surface area (Å²) in [6, 6.07) is 16.2. The molecule has 2 aromatic carbocycles. The predicted octanol–water partition coefficient (Wildman–Crippen LogP) is 14.8. The first kappa shape index (κ1) is 40.8. The Balaban J connectivity index is 0.964. The van der Waals surface area contributed by atoms with Crippen LogP contribution in [-0.2, 0) is 4.74 Å². The number of allylic oxidation sites excluding steroid dienone is 3. The second kappa shape index (κ2) is 18.9. The van der Waals surface area contributed by atoms with E-state index in [9.17, 15) is 4.79 Å². The highest BCUT2D eigenvalue weighted by atomic mass is 16.5. The van der Waals surface area contributed by atoms with Crippen LogP contribution in [0.5, 0.6) is 5.75 Å². The lowest BCUT2D eigenvalue weighted by atomic mass is 9.45. The summed E-state index contributed by atoms with van der Waals surface area (Å²) in [7, 11) is 0. The van der Waals surface area contributed by atoms with E-state index in [1.54, 1.807) is 0 Å². The third-order valence-corrected chi connectivity index (χ3v) is 15.3. The molecule has 4 aliphatic carbocycles. The molecule has 6 rings (SSSR count). The zero-order valence-corrected chi connectivity index (χ0v) is 34.9. The van der Waals surface area contributed by atoms with Gasteiger partial charge >= 0.3 is 5.97 Å². The largest absolute Gasteiger partial charge is 0.494 e. The number of esters is 1. The first-order valence-corrected chi connectivity index (χ1v) is 22.5. The molecule has 3 heteroatoms. The van der Waals surface area contributed by atoms with Gasteiger partial charge in [-0.1, -0.05) is 116 Å². The zero-order chi connectivity index (χ0) is 38.1. The van der Waals surface area contributed by atoms with Gasteiger partial charge in [-0.3, -0.25) is 0 Å². The Bertz CT molecular complexity index is 1520. The van der Waals surface area contributed by atoms with Gasteiger partial charge in [0.25, 0.3) is 0 Å². The summed E-state index contributed by atoms with van der Waals surface area (Å²) >= 11 is 0. The van der Waals surface area contributed by atoms with E-state index in [1.165, 1.54) is 96.3 Å². The summed E-state index contributed by atoms with van der Waals surface area (Å²) in [5.74, 6) is 7.28. The Morgan fingerprint density at radius 3 is 2.13 bits per heavy atom. The van der Waals surface area contributed by atoms with Crippen molar-refractivity contribution < 1.29 is 14.3 Å². The highest BCUT2D eigenvalue weighted by molar-refractivity contribution is 5.90. The molecule has 54 heavy (non-hydrogen) atoms. The van der Waals surface area contributed by atoms with E-state index in [0.29, 0.717) is 22.3 Å². The molecule has 0 radical (unpaired) electrons. The first-order chi connectivity index (χ1) is 26.1. The van der Waals surface area contributed by atoms with Crippen LogP contribution in [0, 0.1) is 52.3 Å². The van der Waals surface area contributed by atoms with Gasteiger partial charge in [-0.05, 0) is 158 Å². The summed E-state index contributed by atoms with van der Waals surface area (Å²) < 4.78 is 12.1. The Morgan fingerprint density at radius 1 is 0.759 bits per heavy atom. The van der Waals surface area contributed by atoms with Gasteiger partial charge in [-0.25, -0.2) is 4.79 Å². The van der Waals surface area contributed by atoms with Crippen molar-refractivity contribution in [2.24, 2.45) is 52.3 Å². The minimum atomic E-state index is -0.227. The minimum absolute atomic E-state index is 0.227. The molecule has 3 saturated carbocycles. The van der Waals surface area contributed by atoms with E-state index in [2.05, 4.69) is 71.5 Å². The van der Waals surface area contributed by atoms with Crippen molar-refractivity contribution in [3.8, 4) is 16.9 Å². The van der Waals surface area contributed by atoms with E-state index in [0.717, 1.165) is 90.4 Å². The molecule has 0 aliphatic heterocycles. The van der Waals surface area contributed by atoms with Crippen LogP contribution in [0.3, 0.4) is 0 Å². The van der Waals surface area contributed by atoms with Crippen LogP contribution in [0.4, 0.5) is 0 Å². The maximum atomic E-state index is 13.4. The van der Waals surface area contributed by atoms with E-state index in [4.69, 9.17) is 9.47 Å². The molecule has 0 N–H and O–H groups in total. The number of ether oxygens (including phenoxy) is 2. The molecule has 4 aliphatic rings. The normalized spacial score (nSPS) is 29.4. The third kappa shape index (κ3) is 9.58. The van der Waals surface area contributed by atoms with Gasteiger partial charge in [0.2, 0.25) is 0 Å². The molecule has 0 aromatic heterocycles. The fourth-order valence-corrected chi connectivity index (χ4v) is 12.1. The van der Waals surface area contributed by atoms with Crippen LogP contribution in [0.1, 0.15) is 167 Å². The lowest BCUT2D eigenvalue weighted by Crippen LogP contribution is -2.52. The SMILES string of the molecule is C=CCCCCCCCCCOc1ccc(-c2ccc(C(=O)OC3=CC4CC[C@H]5[C@@H]6CC[C@H]([C@H](C)CCCC(C)C)[C@@]6(C)CC[C@@H]5[C@@]4(C)CC3)cc2)cc1. The maximum absolute atomic E-state index is 13.4. The fraction of sp³-hybridized carbons (Fsp3) is 0.667. The number of carbonyl (C=O) groups excluding carboxylic acids is 1. The fourth-order valence-electron chi connectivity index (χ4n) is 12.1. The zero-order valence-electron chi connectivity index (χ0n) is 34.9. The summed E-state index contributed by atoms with van der Waals surface area (Å²) in [5, 5.41) is 0. The molecule has 0 spiro atoms. The molecule has 3 nitrogen and oxygen atoms in total. The minimum Gasteiger partial charge on any atom is -0.494 e. The standard InChI is InChI=1S/C51H74O3/c1-7-8-9-10-11-12-13-14-15-35-53-43-26-23-40(24-27-43)39-19-21-41(22-20-39)49(52)54-44-31-33-50(5)42(36-44)25-28-45-47-30-29-46(38(4)18-16-17-37(2)3)51(47,6)34-32-48(45)50/h7,19-24,26-27,36-38,42,45-48H,1,8-18,25,28-35H2,2-6H3/t38-,42?,45+,46-,47+,48+,50+,51-/m1/s1. The Kier molecular flexibility index (Phi) is 14.3. The topological polar surface area (TPSA) is 35.5 Å². The van der Waals surface area contributed by atoms with Crippen molar-refractivity contribution >= 4 is 5.97 Å². The van der Waals surface area contributed by atoms with Crippen molar-refractivity contribution in [3.63, 3.8) is 0 Å². The van der Waals surface area contributed by atoms with Crippen LogP contribution in [0.25, 0.3) is 11.1 Å². The number of hydrogen-bond donors (Lipinski definition) is 0. The van der Waals surface area contributed by atoms with Gasteiger partial charge in [0.15, 0.2) is 0 Å². The molecule has 2 aromatic rings. The third-order valence-electron chi connectivity index (χ3n) is 15.3. The lowest BCUT2D eigenvalue weighted by molar-refractivity contribution is -0.0981. The van der Waals surface area contributed by atoms with Crippen LogP contribution in [0.2, 0.25) is 0 Å². The first-order valence-electron chi connectivity index (χ1n) is 22.5. The van der Waals surface area contributed by atoms with Crippen LogP contribution < -0.4 is 4.74 Å². The van der Waals surface area contributed by atoms with E-state index in [-0.39, 0.29) is 5.97 Å². The van der Waals surface area contributed by atoms with E-state index in [1.807, 2.05) is 30.3 Å². The number of benzene rings is 2. The van der Waals surface area contributed by atoms with Crippen molar-refractivity contribution in [3.05, 3.63) is 78.6 Å². The molecule has 0 heterocycles. The monoisotopic (exact) mass is 735 g/mol. The molecule has 0 bridgehead atoms. The highest BCUT2D eigenvalue weighted by Crippen LogP contribution is 2.68. The van der Waals surface area contributed by atoms with Crippen molar-refractivity contribution in [2.45, 2.75) is 157 Å². The Labute approximate surface area is 330 Å². The van der Waals surface area contributed by atoms with Gasteiger partial charge < -0.3 is 9.47 Å². The molecule has 0 saturated heterocycles. The average molecular weight is 735 g/mol. The summed E-state index contributed by atoms with van der Waals surface area (Å²) in [6.07, 6.45) is 28.9. The quantitative estimate of drug-likeness (QED) is 0.0819. The smallest absolute Gasteiger partial charge is 0.343 e. The number of hydrogen-bond acceptors (Lipinski definition) is 3. The molecule has 1 unspecified atom stereocenters. The Morgan fingerprint density at radius 2 is 1.43 bits per heavy atom. The van der Waals surface area contributed by atoms with Gasteiger partial charge in [0.05, 0.1) is 12.2 Å². The summed E-state index contributed by atoms with van der Waals surface area (Å²) in [5.41, 5.74) is 3.69. The van der Waals surface area contributed by atoms with Gasteiger partial charge in [-0.15, -0.1) is 6.58 Å². The van der Waals surface area contributed by atoms with Crippen molar-refractivity contribution in [1.82, 2.24) is 0 Å².